The monoisotopic (exact) mass is 401 g/mol. The summed E-state index contributed by atoms with van der Waals surface area (Å²) in [4.78, 5) is 16.2. The molecule has 1 aromatic heterocycles. The average molecular weight is 402 g/mol. The van der Waals surface area contributed by atoms with E-state index in [1.54, 1.807) is 36.5 Å². The van der Waals surface area contributed by atoms with Gasteiger partial charge in [-0.25, -0.2) is 4.79 Å². The maximum absolute atomic E-state index is 12.0. The molecule has 2 aromatic carbocycles. The topological polar surface area (TPSA) is 63.2 Å². The number of nitrogens with zero attached hydrogens (tertiary/aromatic N) is 1. The summed E-state index contributed by atoms with van der Waals surface area (Å²) in [5.41, 5.74) is 2.28. The van der Waals surface area contributed by atoms with Gasteiger partial charge in [0.05, 0.1) is 10.7 Å². The fourth-order valence-electron chi connectivity index (χ4n) is 2.34. The number of anilines is 1. The molecular formula is C20H17Cl2N3O2. The lowest BCUT2D eigenvalue weighted by atomic mass is 10.2. The lowest BCUT2D eigenvalue weighted by molar-refractivity contribution is 0.251. The number of ether oxygens (including phenoxy) is 1. The largest absolute Gasteiger partial charge is 0.486 e. The first-order valence-corrected chi connectivity index (χ1v) is 8.97. The zero-order valence-electron chi connectivity index (χ0n) is 14.3. The molecule has 27 heavy (non-hydrogen) atoms. The van der Waals surface area contributed by atoms with Crippen molar-refractivity contribution in [3.05, 3.63) is 88.2 Å². The number of rotatable bonds is 6. The molecule has 0 fully saturated rings. The normalized spacial score (nSPS) is 10.3. The summed E-state index contributed by atoms with van der Waals surface area (Å²) in [7, 11) is 0. The molecule has 0 atom stereocenters. The Morgan fingerprint density at radius 3 is 2.67 bits per heavy atom. The number of urea groups is 1. The van der Waals surface area contributed by atoms with E-state index in [1.807, 2.05) is 30.3 Å². The Bertz CT molecular complexity index is 920. The first-order valence-electron chi connectivity index (χ1n) is 8.22. The molecule has 1 heterocycles. The van der Waals surface area contributed by atoms with Crippen molar-refractivity contribution in [1.29, 1.82) is 0 Å². The van der Waals surface area contributed by atoms with Crippen molar-refractivity contribution < 1.29 is 9.53 Å². The molecule has 0 saturated carbocycles. The van der Waals surface area contributed by atoms with Gasteiger partial charge in [0.25, 0.3) is 0 Å². The molecule has 0 saturated heterocycles. The highest BCUT2D eigenvalue weighted by Gasteiger charge is 2.07. The second-order valence-corrected chi connectivity index (χ2v) is 6.54. The molecular weight excluding hydrogens is 385 g/mol. The zero-order valence-corrected chi connectivity index (χ0v) is 15.8. The lowest BCUT2D eigenvalue weighted by Crippen LogP contribution is -2.28. The Balaban J connectivity index is 1.53. The van der Waals surface area contributed by atoms with Gasteiger partial charge in [0.1, 0.15) is 12.4 Å². The minimum Gasteiger partial charge on any atom is -0.486 e. The van der Waals surface area contributed by atoms with Gasteiger partial charge in [0.15, 0.2) is 0 Å². The number of pyridine rings is 1. The minimum atomic E-state index is -0.340. The predicted octanol–water partition coefficient (Wildman–Crippen LogP) is 5.29. The summed E-state index contributed by atoms with van der Waals surface area (Å²) in [6, 6.07) is 17.6. The Morgan fingerprint density at radius 1 is 1.04 bits per heavy atom. The molecule has 7 heteroatoms. The molecule has 0 bridgehead atoms. The Hall–Kier alpha value is -2.76. The van der Waals surface area contributed by atoms with Gasteiger partial charge in [-0.2, -0.15) is 0 Å². The molecule has 3 aromatic rings. The molecule has 3 rings (SSSR count). The highest BCUT2D eigenvalue weighted by molar-refractivity contribution is 6.32. The number of nitrogens with one attached hydrogen (secondary N) is 2. The van der Waals surface area contributed by atoms with E-state index in [-0.39, 0.29) is 6.03 Å². The molecule has 0 radical (unpaired) electrons. The number of hydrogen-bond acceptors (Lipinski definition) is 3. The second-order valence-electron chi connectivity index (χ2n) is 5.69. The van der Waals surface area contributed by atoms with Crippen molar-refractivity contribution in [2.45, 2.75) is 13.2 Å². The van der Waals surface area contributed by atoms with Crippen LogP contribution in [0.25, 0.3) is 0 Å². The van der Waals surface area contributed by atoms with E-state index in [0.29, 0.717) is 34.6 Å². The van der Waals surface area contributed by atoms with Crippen LogP contribution in [0.1, 0.15) is 11.3 Å². The Labute approximate surface area is 167 Å². The van der Waals surface area contributed by atoms with Crippen LogP contribution in [0.2, 0.25) is 10.0 Å². The van der Waals surface area contributed by atoms with E-state index in [0.717, 1.165) is 11.3 Å². The fourth-order valence-corrected chi connectivity index (χ4v) is 2.78. The third-order valence-electron chi connectivity index (χ3n) is 3.63. The van der Waals surface area contributed by atoms with Crippen LogP contribution in [0, 0.1) is 0 Å². The maximum Gasteiger partial charge on any atom is 0.319 e. The van der Waals surface area contributed by atoms with Crippen LogP contribution in [0.3, 0.4) is 0 Å². The highest BCUT2D eigenvalue weighted by atomic mass is 35.5. The molecule has 5 nitrogen and oxygen atoms in total. The van der Waals surface area contributed by atoms with Gasteiger partial charge in [0, 0.05) is 23.5 Å². The summed E-state index contributed by atoms with van der Waals surface area (Å²) < 4.78 is 5.66. The number of aromatic nitrogens is 1. The average Bonchev–Trinajstić information content (AvgIpc) is 2.67. The van der Waals surface area contributed by atoms with E-state index in [1.165, 1.54) is 0 Å². The van der Waals surface area contributed by atoms with Crippen LogP contribution in [0.5, 0.6) is 5.75 Å². The van der Waals surface area contributed by atoms with Gasteiger partial charge >= 0.3 is 6.03 Å². The van der Waals surface area contributed by atoms with Crippen molar-refractivity contribution in [3.63, 3.8) is 0 Å². The summed E-state index contributed by atoms with van der Waals surface area (Å²) in [6.45, 7) is 0.679. The lowest BCUT2D eigenvalue weighted by Gasteiger charge is -2.11. The summed E-state index contributed by atoms with van der Waals surface area (Å²) in [6.07, 6.45) is 1.70. The SMILES string of the molecule is O=C(NCc1cccc(Cl)c1)Nc1ccc(OCc2ccccn2)c(Cl)c1. The zero-order chi connectivity index (χ0) is 19.1. The van der Waals surface area contributed by atoms with Gasteiger partial charge in [-0.1, -0.05) is 41.4 Å². The third kappa shape index (κ3) is 5.88. The van der Waals surface area contributed by atoms with Crippen molar-refractivity contribution >= 4 is 34.9 Å². The van der Waals surface area contributed by atoms with E-state index >= 15 is 0 Å². The van der Waals surface area contributed by atoms with Crippen molar-refractivity contribution in [3.8, 4) is 5.75 Å². The van der Waals surface area contributed by atoms with E-state index in [2.05, 4.69) is 15.6 Å². The first kappa shape index (κ1) is 19.0. The second kappa shape index (κ2) is 9.26. The summed E-state index contributed by atoms with van der Waals surface area (Å²) in [5.74, 6) is 0.521. The molecule has 2 amide bonds. The van der Waals surface area contributed by atoms with E-state index in [4.69, 9.17) is 27.9 Å². The molecule has 0 unspecified atom stereocenters. The highest BCUT2D eigenvalue weighted by Crippen LogP contribution is 2.28. The van der Waals surface area contributed by atoms with Crippen molar-refractivity contribution in [1.82, 2.24) is 10.3 Å². The summed E-state index contributed by atoms with van der Waals surface area (Å²) >= 11 is 12.2. The molecule has 138 valence electrons. The van der Waals surface area contributed by atoms with Gasteiger partial charge in [-0.05, 0) is 48.0 Å². The third-order valence-corrected chi connectivity index (χ3v) is 4.16. The van der Waals surface area contributed by atoms with Crippen LogP contribution in [0.15, 0.2) is 66.9 Å². The number of hydrogen-bond donors (Lipinski definition) is 2. The first-order chi connectivity index (χ1) is 13.1. The number of benzene rings is 2. The maximum atomic E-state index is 12.0. The Kier molecular flexibility index (Phi) is 6.52. The van der Waals surface area contributed by atoms with Crippen LogP contribution >= 0.6 is 23.2 Å². The van der Waals surface area contributed by atoms with Crippen LogP contribution in [-0.4, -0.2) is 11.0 Å². The van der Waals surface area contributed by atoms with E-state index in [9.17, 15) is 4.79 Å². The smallest absolute Gasteiger partial charge is 0.319 e. The van der Waals surface area contributed by atoms with Crippen LogP contribution in [0.4, 0.5) is 10.5 Å². The fraction of sp³-hybridized carbons (Fsp3) is 0.100. The number of amides is 2. The van der Waals surface area contributed by atoms with Gasteiger partial charge in [-0.15, -0.1) is 0 Å². The van der Waals surface area contributed by atoms with Gasteiger partial charge in [-0.3, -0.25) is 4.98 Å². The predicted molar refractivity (Wildman–Crippen MR) is 107 cm³/mol. The number of carbonyl (C=O) groups excluding carboxylic acids is 1. The number of halogens is 2. The minimum absolute atomic E-state index is 0.313. The van der Waals surface area contributed by atoms with Crippen molar-refractivity contribution in [2.24, 2.45) is 0 Å². The Morgan fingerprint density at radius 2 is 1.93 bits per heavy atom. The van der Waals surface area contributed by atoms with Crippen LogP contribution < -0.4 is 15.4 Å². The molecule has 0 aliphatic carbocycles. The van der Waals surface area contributed by atoms with Crippen LogP contribution in [-0.2, 0) is 13.2 Å². The van der Waals surface area contributed by atoms with Gasteiger partial charge in [0.2, 0.25) is 0 Å². The molecule has 0 spiro atoms. The molecule has 0 aliphatic heterocycles. The molecule has 0 aliphatic rings. The van der Waals surface area contributed by atoms with Crippen molar-refractivity contribution in [2.75, 3.05) is 5.32 Å². The standard InChI is InChI=1S/C20H17Cl2N3O2/c21-15-5-3-4-14(10-15)12-24-20(26)25-16-7-8-19(18(22)11-16)27-13-17-6-1-2-9-23-17/h1-11H,12-13H2,(H2,24,25,26). The quantitative estimate of drug-likeness (QED) is 0.589. The van der Waals surface area contributed by atoms with E-state index < -0.39 is 0 Å². The van der Waals surface area contributed by atoms with Gasteiger partial charge < -0.3 is 15.4 Å². The summed E-state index contributed by atoms with van der Waals surface area (Å²) in [5, 5.41) is 6.53. The number of carbonyl (C=O) groups is 1. The molecule has 2 N–H and O–H groups in total.